The summed E-state index contributed by atoms with van der Waals surface area (Å²) in [6, 6.07) is 12.7. The van der Waals surface area contributed by atoms with Crippen molar-refractivity contribution in [2.24, 2.45) is 0 Å². The van der Waals surface area contributed by atoms with E-state index in [9.17, 15) is 5.26 Å². The van der Waals surface area contributed by atoms with Gasteiger partial charge in [-0.1, -0.05) is 38.1 Å². The van der Waals surface area contributed by atoms with Crippen LogP contribution in [0.4, 0.5) is 0 Å². The van der Waals surface area contributed by atoms with Gasteiger partial charge in [0.05, 0.1) is 11.8 Å². The molecule has 0 aliphatic heterocycles. The van der Waals surface area contributed by atoms with Crippen LogP contribution in [0.1, 0.15) is 44.0 Å². The number of hydrogen-bond donors (Lipinski definition) is 0. The lowest BCUT2D eigenvalue weighted by atomic mass is 10.0. The SMILES string of the molecule is CC(C)c1ccc(-c2ccnc(C3(C#N)CC3)n2)cc1. The van der Waals surface area contributed by atoms with Crippen LogP contribution in [0.2, 0.25) is 0 Å². The van der Waals surface area contributed by atoms with Gasteiger partial charge in [0.1, 0.15) is 11.2 Å². The zero-order valence-electron chi connectivity index (χ0n) is 11.8. The summed E-state index contributed by atoms with van der Waals surface area (Å²) in [4.78, 5) is 8.87. The van der Waals surface area contributed by atoms with Gasteiger partial charge in [-0.3, -0.25) is 0 Å². The Labute approximate surface area is 119 Å². The molecule has 0 bridgehead atoms. The number of benzene rings is 1. The number of nitrogens with zero attached hydrogens (tertiary/aromatic N) is 3. The van der Waals surface area contributed by atoms with Crippen LogP contribution >= 0.6 is 0 Å². The Hall–Kier alpha value is -2.21. The molecule has 0 unspecified atom stereocenters. The molecule has 1 saturated carbocycles. The highest BCUT2D eigenvalue weighted by Gasteiger charge is 2.47. The summed E-state index contributed by atoms with van der Waals surface area (Å²) in [6.45, 7) is 4.36. The summed E-state index contributed by atoms with van der Waals surface area (Å²) in [5.74, 6) is 1.20. The molecule has 2 aromatic rings. The van der Waals surface area contributed by atoms with Crippen LogP contribution in [0.5, 0.6) is 0 Å². The molecule has 100 valence electrons. The van der Waals surface area contributed by atoms with Gasteiger partial charge in [-0.2, -0.15) is 5.26 Å². The van der Waals surface area contributed by atoms with E-state index in [-0.39, 0.29) is 0 Å². The van der Waals surface area contributed by atoms with E-state index in [1.807, 2.05) is 6.07 Å². The molecule has 3 heteroatoms. The number of aromatic nitrogens is 2. The Morgan fingerprint density at radius 2 is 1.85 bits per heavy atom. The minimum atomic E-state index is -0.423. The second kappa shape index (κ2) is 4.72. The van der Waals surface area contributed by atoms with Crippen molar-refractivity contribution >= 4 is 0 Å². The Bertz CT molecular complexity index is 661. The number of hydrogen-bond acceptors (Lipinski definition) is 3. The zero-order chi connectivity index (χ0) is 14.2. The van der Waals surface area contributed by atoms with Crippen LogP contribution in [0, 0.1) is 11.3 Å². The molecule has 1 aromatic carbocycles. The Balaban J connectivity index is 1.95. The van der Waals surface area contributed by atoms with Gasteiger partial charge in [-0.25, -0.2) is 9.97 Å². The van der Waals surface area contributed by atoms with Crippen molar-refractivity contribution in [3.8, 4) is 17.3 Å². The Kier molecular flexibility index (Phi) is 3.02. The van der Waals surface area contributed by atoms with Crippen molar-refractivity contribution in [2.45, 2.75) is 38.0 Å². The third kappa shape index (κ3) is 2.18. The highest BCUT2D eigenvalue weighted by atomic mass is 14.9. The first-order chi connectivity index (χ1) is 9.64. The molecule has 0 atom stereocenters. The van der Waals surface area contributed by atoms with Gasteiger partial charge in [0, 0.05) is 11.8 Å². The van der Waals surface area contributed by atoms with Crippen molar-refractivity contribution in [2.75, 3.05) is 0 Å². The van der Waals surface area contributed by atoms with Crippen LogP contribution in [-0.2, 0) is 5.41 Å². The van der Waals surface area contributed by atoms with Gasteiger partial charge < -0.3 is 0 Å². The monoisotopic (exact) mass is 263 g/mol. The molecular formula is C17H17N3. The zero-order valence-corrected chi connectivity index (χ0v) is 11.8. The smallest absolute Gasteiger partial charge is 0.149 e. The van der Waals surface area contributed by atoms with Crippen LogP contribution in [-0.4, -0.2) is 9.97 Å². The van der Waals surface area contributed by atoms with Crippen LogP contribution in [0.25, 0.3) is 11.3 Å². The third-order valence-corrected chi connectivity index (χ3v) is 3.92. The topological polar surface area (TPSA) is 49.6 Å². The Morgan fingerprint density at radius 1 is 1.15 bits per heavy atom. The first-order valence-electron chi connectivity index (χ1n) is 7.00. The maximum Gasteiger partial charge on any atom is 0.149 e. The molecule has 1 fully saturated rings. The quantitative estimate of drug-likeness (QED) is 0.845. The fourth-order valence-electron chi connectivity index (χ4n) is 2.30. The van der Waals surface area contributed by atoms with Gasteiger partial charge in [0.2, 0.25) is 0 Å². The van der Waals surface area contributed by atoms with E-state index in [1.165, 1.54) is 5.56 Å². The van der Waals surface area contributed by atoms with E-state index >= 15 is 0 Å². The van der Waals surface area contributed by atoms with Crippen molar-refractivity contribution in [3.63, 3.8) is 0 Å². The highest BCUT2D eigenvalue weighted by molar-refractivity contribution is 5.59. The van der Waals surface area contributed by atoms with Crippen LogP contribution in [0.15, 0.2) is 36.5 Å². The van der Waals surface area contributed by atoms with Crippen LogP contribution in [0.3, 0.4) is 0 Å². The van der Waals surface area contributed by atoms with E-state index in [2.05, 4.69) is 54.2 Å². The third-order valence-electron chi connectivity index (χ3n) is 3.92. The minimum absolute atomic E-state index is 0.423. The van der Waals surface area contributed by atoms with Crippen molar-refractivity contribution in [1.82, 2.24) is 9.97 Å². The van der Waals surface area contributed by atoms with E-state index < -0.39 is 5.41 Å². The van der Waals surface area contributed by atoms with E-state index in [0.717, 1.165) is 24.1 Å². The lowest BCUT2D eigenvalue weighted by molar-refractivity contribution is 0.799. The van der Waals surface area contributed by atoms with Gasteiger partial charge in [-0.05, 0) is 30.4 Å². The van der Waals surface area contributed by atoms with Gasteiger partial charge in [0.15, 0.2) is 0 Å². The maximum absolute atomic E-state index is 9.24. The van der Waals surface area contributed by atoms with Gasteiger partial charge >= 0.3 is 0 Å². The number of nitriles is 1. The average Bonchev–Trinajstić information content (AvgIpc) is 3.29. The van der Waals surface area contributed by atoms with E-state index in [4.69, 9.17) is 0 Å². The predicted molar refractivity (Wildman–Crippen MR) is 78.1 cm³/mol. The summed E-state index contributed by atoms with van der Waals surface area (Å²) < 4.78 is 0. The molecule has 1 heterocycles. The number of rotatable bonds is 3. The lowest BCUT2D eigenvalue weighted by Gasteiger charge is -2.09. The highest BCUT2D eigenvalue weighted by Crippen LogP contribution is 2.46. The normalized spacial score (nSPS) is 15.9. The molecule has 1 aromatic heterocycles. The molecule has 0 radical (unpaired) electrons. The summed E-state index contributed by atoms with van der Waals surface area (Å²) in [7, 11) is 0. The molecule has 0 N–H and O–H groups in total. The van der Waals surface area contributed by atoms with E-state index in [0.29, 0.717) is 11.7 Å². The molecule has 0 amide bonds. The molecule has 3 nitrogen and oxygen atoms in total. The largest absolute Gasteiger partial charge is 0.240 e. The predicted octanol–water partition coefficient (Wildman–Crippen LogP) is 3.82. The van der Waals surface area contributed by atoms with Crippen molar-refractivity contribution in [3.05, 3.63) is 47.9 Å². The standard InChI is InChI=1S/C17H17N3/c1-12(2)13-3-5-14(6-4-13)15-7-10-19-16(20-15)17(11-18)8-9-17/h3-7,10,12H,8-9H2,1-2H3. The van der Waals surface area contributed by atoms with Gasteiger partial charge in [-0.15, -0.1) is 0 Å². The summed E-state index contributed by atoms with van der Waals surface area (Å²) in [5.41, 5.74) is 2.87. The summed E-state index contributed by atoms with van der Waals surface area (Å²) in [5, 5.41) is 9.24. The van der Waals surface area contributed by atoms with Gasteiger partial charge in [0.25, 0.3) is 0 Å². The Morgan fingerprint density at radius 3 is 2.40 bits per heavy atom. The molecule has 1 aliphatic rings. The summed E-state index contributed by atoms with van der Waals surface area (Å²) >= 11 is 0. The van der Waals surface area contributed by atoms with E-state index in [1.54, 1.807) is 6.20 Å². The van der Waals surface area contributed by atoms with Crippen molar-refractivity contribution in [1.29, 1.82) is 5.26 Å². The molecule has 0 spiro atoms. The fraction of sp³-hybridized carbons (Fsp3) is 0.353. The first kappa shape index (κ1) is 12.8. The molecule has 0 saturated heterocycles. The second-order valence-corrected chi connectivity index (χ2v) is 5.74. The van der Waals surface area contributed by atoms with Crippen molar-refractivity contribution < 1.29 is 0 Å². The lowest BCUT2D eigenvalue weighted by Crippen LogP contribution is -2.09. The molecule has 1 aliphatic carbocycles. The first-order valence-corrected chi connectivity index (χ1v) is 7.00. The fourth-order valence-corrected chi connectivity index (χ4v) is 2.30. The van der Waals surface area contributed by atoms with Crippen LogP contribution < -0.4 is 0 Å². The second-order valence-electron chi connectivity index (χ2n) is 5.74. The minimum Gasteiger partial charge on any atom is -0.240 e. The maximum atomic E-state index is 9.24. The molecular weight excluding hydrogens is 246 g/mol. The molecule has 20 heavy (non-hydrogen) atoms. The average molecular weight is 263 g/mol. The summed E-state index contributed by atoms with van der Waals surface area (Å²) in [6.07, 6.45) is 3.50. The molecule has 3 rings (SSSR count).